The summed E-state index contributed by atoms with van der Waals surface area (Å²) < 4.78 is 39.1. The first kappa shape index (κ1) is 41.3. The molecule has 9 nitrogen and oxygen atoms in total. The van der Waals surface area contributed by atoms with Gasteiger partial charge < -0.3 is 15.4 Å². The Bertz CT molecular complexity index is 1970. The van der Waals surface area contributed by atoms with Crippen LogP contribution >= 0.6 is 0 Å². The van der Waals surface area contributed by atoms with Gasteiger partial charge in [0, 0.05) is 67.2 Å². The Balaban J connectivity index is 0.000000206. The molecule has 3 aromatic carbocycles. The number of hydrogen-bond donors (Lipinski definition) is 2. The molecular formula is C41H41F3N6O3. The third-order valence-electron chi connectivity index (χ3n) is 7.22. The Hall–Kier alpha value is -6.08. The van der Waals surface area contributed by atoms with Gasteiger partial charge in [0.15, 0.2) is 5.78 Å². The summed E-state index contributed by atoms with van der Waals surface area (Å²) in [5, 5.41) is 3.96. The van der Waals surface area contributed by atoms with Gasteiger partial charge in [-0.25, -0.2) is 19.1 Å². The number of Topliss-reactive ketones (excluding diaryl/α,β-unsaturated/α-hetero) is 1. The van der Waals surface area contributed by atoms with Crippen molar-refractivity contribution < 1.29 is 27.6 Å². The van der Waals surface area contributed by atoms with Gasteiger partial charge >= 0.3 is 0 Å². The molecule has 0 amide bonds. The molecule has 0 fully saturated rings. The van der Waals surface area contributed by atoms with Crippen molar-refractivity contribution in [1.29, 1.82) is 0 Å². The second kappa shape index (κ2) is 23.4. The lowest BCUT2D eigenvalue weighted by Gasteiger charge is -2.11. The standard InChI is InChI=1S/C14H13FN2O.C13H13FN2.C13H10FNO.CH5NO/c1-18-17-14(9-11-5-7-16-8-6-11)12-3-2-4-13(15)10-12;14-12-3-1-2-11(9-12)13(15)8-10-4-6-16-7-5-10;14-12-3-1-2-11(9-12)13(16)8-10-4-6-15-7-5-10;1-3-2/h2-8,10H,9H2,1H3;1-7,9,13H,8,15H2;1-7,9H,8H2;2H2,1H3. The smallest absolute Gasteiger partial charge is 0.167 e. The van der Waals surface area contributed by atoms with Crippen molar-refractivity contribution in [2.24, 2.45) is 16.8 Å². The summed E-state index contributed by atoms with van der Waals surface area (Å²) in [5.74, 6) is 3.33. The van der Waals surface area contributed by atoms with Gasteiger partial charge in [0.25, 0.3) is 0 Å². The van der Waals surface area contributed by atoms with E-state index in [1.807, 2.05) is 36.4 Å². The molecule has 0 aliphatic rings. The zero-order valence-electron chi connectivity index (χ0n) is 29.4. The predicted octanol–water partition coefficient (Wildman–Crippen LogP) is 7.43. The van der Waals surface area contributed by atoms with Gasteiger partial charge in [-0.15, -0.1) is 0 Å². The summed E-state index contributed by atoms with van der Waals surface area (Å²) in [5.41, 5.74) is 11.7. The molecule has 0 spiro atoms. The number of nitrogens with two attached hydrogens (primary N) is 2. The van der Waals surface area contributed by atoms with Crippen LogP contribution in [-0.2, 0) is 28.9 Å². The highest BCUT2D eigenvalue weighted by Gasteiger charge is 2.09. The van der Waals surface area contributed by atoms with E-state index in [0.29, 0.717) is 29.7 Å². The topological polar surface area (TPSA) is 139 Å². The Labute approximate surface area is 307 Å². The minimum Gasteiger partial charge on any atom is -0.399 e. The molecular weight excluding hydrogens is 681 g/mol. The van der Waals surface area contributed by atoms with Crippen LogP contribution in [0.4, 0.5) is 13.2 Å². The second-order valence-corrected chi connectivity index (χ2v) is 11.2. The highest BCUT2D eigenvalue weighted by Crippen LogP contribution is 2.16. The molecule has 0 saturated carbocycles. The van der Waals surface area contributed by atoms with Gasteiger partial charge in [0.2, 0.25) is 0 Å². The average Bonchev–Trinajstić information content (AvgIpc) is 3.17. The van der Waals surface area contributed by atoms with Crippen molar-refractivity contribution in [3.63, 3.8) is 0 Å². The van der Waals surface area contributed by atoms with Crippen LogP contribution in [-0.4, -0.2) is 40.7 Å². The predicted molar refractivity (Wildman–Crippen MR) is 199 cm³/mol. The molecule has 0 radical (unpaired) electrons. The van der Waals surface area contributed by atoms with E-state index in [2.05, 4.69) is 30.8 Å². The molecule has 1 unspecified atom stereocenters. The van der Waals surface area contributed by atoms with Crippen molar-refractivity contribution in [3.8, 4) is 0 Å². The maximum atomic E-state index is 13.2. The molecule has 0 bridgehead atoms. The zero-order valence-corrected chi connectivity index (χ0v) is 29.4. The lowest BCUT2D eigenvalue weighted by atomic mass is 10.0. The molecule has 3 aromatic heterocycles. The zero-order chi connectivity index (χ0) is 38.3. The summed E-state index contributed by atoms with van der Waals surface area (Å²) in [4.78, 5) is 32.1. The molecule has 3 heterocycles. The van der Waals surface area contributed by atoms with Crippen molar-refractivity contribution in [3.05, 3.63) is 197 Å². The normalized spacial score (nSPS) is 11.0. The number of carbonyl (C=O) groups is 1. The minimum atomic E-state index is -0.388. The van der Waals surface area contributed by atoms with Crippen LogP contribution in [0.15, 0.2) is 152 Å². The number of nitrogens with zero attached hydrogens (tertiary/aromatic N) is 4. The average molecular weight is 723 g/mol. The Kier molecular flexibility index (Phi) is 18.3. The number of rotatable bonds is 10. The highest BCUT2D eigenvalue weighted by atomic mass is 19.1. The second-order valence-electron chi connectivity index (χ2n) is 11.2. The molecule has 6 rings (SSSR count). The molecule has 1 atom stereocenters. The van der Waals surface area contributed by atoms with Crippen LogP contribution in [0, 0.1) is 17.5 Å². The summed E-state index contributed by atoms with van der Waals surface area (Å²) in [6.07, 6.45) is 11.7. The first-order chi connectivity index (χ1) is 25.7. The van der Waals surface area contributed by atoms with Crippen LogP contribution in [0.3, 0.4) is 0 Å². The molecule has 274 valence electrons. The van der Waals surface area contributed by atoms with E-state index in [1.165, 1.54) is 56.7 Å². The van der Waals surface area contributed by atoms with Crippen LogP contribution in [0.2, 0.25) is 0 Å². The van der Waals surface area contributed by atoms with E-state index >= 15 is 0 Å². The summed E-state index contributed by atoms with van der Waals surface area (Å²) >= 11 is 0. The molecule has 53 heavy (non-hydrogen) atoms. The lowest BCUT2D eigenvalue weighted by Crippen LogP contribution is -2.13. The molecule has 0 saturated heterocycles. The number of carbonyl (C=O) groups excluding carboxylic acids is 1. The lowest BCUT2D eigenvalue weighted by molar-refractivity contribution is 0.0992. The molecule has 6 aromatic rings. The maximum absolute atomic E-state index is 13.2. The molecule has 4 N–H and O–H groups in total. The van der Waals surface area contributed by atoms with E-state index in [4.69, 9.17) is 10.6 Å². The Morgan fingerprint density at radius 2 is 1.08 bits per heavy atom. The number of halogens is 3. The van der Waals surface area contributed by atoms with Crippen LogP contribution in [0.5, 0.6) is 0 Å². The number of hydrogen-bond acceptors (Lipinski definition) is 9. The number of benzene rings is 3. The fourth-order valence-corrected chi connectivity index (χ4v) is 4.74. The van der Waals surface area contributed by atoms with E-state index in [0.717, 1.165) is 22.3 Å². The Morgan fingerprint density at radius 1 is 0.642 bits per heavy atom. The van der Waals surface area contributed by atoms with Crippen LogP contribution < -0.4 is 11.6 Å². The van der Waals surface area contributed by atoms with Crippen molar-refractivity contribution in [2.45, 2.75) is 25.3 Å². The highest BCUT2D eigenvalue weighted by molar-refractivity contribution is 6.01. The van der Waals surface area contributed by atoms with E-state index in [-0.39, 0.29) is 35.7 Å². The van der Waals surface area contributed by atoms with Gasteiger partial charge in [0.05, 0.1) is 12.8 Å². The van der Waals surface area contributed by atoms with Crippen LogP contribution in [0.1, 0.15) is 44.2 Å². The minimum absolute atomic E-state index is 0.0919. The first-order valence-electron chi connectivity index (χ1n) is 16.3. The van der Waals surface area contributed by atoms with Gasteiger partial charge in [-0.3, -0.25) is 19.7 Å². The third kappa shape index (κ3) is 15.8. The quantitative estimate of drug-likeness (QED) is 0.0846. The number of oxime groups is 1. The van der Waals surface area contributed by atoms with Gasteiger partial charge in [-0.2, -0.15) is 0 Å². The van der Waals surface area contributed by atoms with E-state index in [1.54, 1.807) is 67.5 Å². The van der Waals surface area contributed by atoms with Gasteiger partial charge in [0.1, 0.15) is 24.6 Å². The maximum Gasteiger partial charge on any atom is 0.167 e. The van der Waals surface area contributed by atoms with Crippen molar-refractivity contribution >= 4 is 11.5 Å². The number of aromatic nitrogens is 3. The fraction of sp³-hybridized carbons (Fsp3) is 0.146. The fourth-order valence-electron chi connectivity index (χ4n) is 4.74. The summed E-state index contributed by atoms with van der Waals surface area (Å²) in [6.45, 7) is 0. The molecule has 12 heteroatoms. The van der Waals surface area contributed by atoms with E-state index in [9.17, 15) is 18.0 Å². The largest absolute Gasteiger partial charge is 0.399 e. The number of ketones is 1. The SMILES string of the molecule is CON.CON=C(Cc1ccncc1)c1cccc(F)c1.NC(Cc1ccncc1)c1cccc(F)c1.O=C(Cc1ccncc1)c1cccc(F)c1. The monoisotopic (exact) mass is 722 g/mol. The van der Waals surface area contributed by atoms with Crippen molar-refractivity contribution in [1.82, 2.24) is 15.0 Å². The molecule has 0 aliphatic carbocycles. The Morgan fingerprint density at radius 3 is 1.57 bits per heavy atom. The number of pyridine rings is 3. The van der Waals surface area contributed by atoms with Crippen LogP contribution in [0.25, 0.3) is 0 Å². The third-order valence-corrected chi connectivity index (χ3v) is 7.22. The van der Waals surface area contributed by atoms with Gasteiger partial charge in [-0.05, 0) is 101 Å². The first-order valence-corrected chi connectivity index (χ1v) is 16.3. The molecule has 0 aliphatic heterocycles. The van der Waals surface area contributed by atoms with Crippen molar-refractivity contribution in [2.75, 3.05) is 14.2 Å². The van der Waals surface area contributed by atoms with E-state index < -0.39 is 0 Å². The van der Waals surface area contributed by atoms with Gasteiger partial charge in [-0.1, -0.05) is 41.6 Å². The summed E-state index contributed by atoms with van der Waals surface area (Å²) in [7, 11) is 2.88. The summed E-state index contributed by atoms with van der Waals surface area (Å²) in [6, 6.07) is 29.4.